The van der Waals surface area contributed by atoms with Gasteiger partial charge >= 0.3 is 0 Å². The molecule has 4 rings (SSSR count). The molecule has 0 aromatic heterocycles. The molecule has 7 heteroatoms. The number of anilines is 1. The van der Waals surface area contributed by atoms with E-state index in [4.69, 9.17) is 4.74 Å². The quantitative estimate of drug-likeness (QED) is 0.671. The first-order valence-corrected chi connectivity index (χ1v) is 10.9. The van der Waals surface area contributed by atoms with Gasteiger partial charge in [-0.1, -0.05) is 19.9 Å². The highest BCUT2D eigenvalue weighted by Gasteiger charge is 2.40. The number of benzene rings is 2. The number of ether oxygens (including phenoxy) is 1. The average molecular weight is 438 g/mol. The van der Waals surface area contributed by atoms with Crippen LogP contribution in [0.5, 0.6) is 0 Å². The predicted octanol–water partition coefficient (Wildman–Crippen LogP) is 3.98. The lowest BCUT2D eigenvalue weighted by Gasteiger charge is -2.20. The molecule has 168 valence electrons. The van der Waals surface area contributed by atoms with Crippen LogP contribution < -0.4 is 10.6 Å². The molecular weight excluding hydrogens is 409 g/mol. The predicted molar refractivity (Wildman–Crippen MR) is 123 cm³/mol. The van der Waals surface area contributed by atoms with Crippen LogP contribution in [0.15, 0.2) is 36.4 Å². The van der Waals surface area contributed by atoms with Crippen LogP contribution in [-0.2, 0) is 15.1 Å². The minimum atomic E-state index is -0.745. The van der Waals surface area contributed by atoms with Crippen molar-refractivity contribution in [3.05, 3.63) is 64.5 Å². The zero-order valence-corrected chi connectivity index (χ0v) is 18.8. The van der Waals surface area contributed by atoms with Crippen molar-refractivity contribution >= 4 is 28.8 Å². The minimum absolute atomic E-state index is 0.150. The molecule has 2 aliphatic heterocycles. The van der Waals surface area contributed by atoms with E-state index in [0.717, 1.165) is 30.8 Å². The molecule has 0 fully saturated rings. The molecule has 0 atom stereocenters. The number of carbonyl (C=O) groups is 2. The summed E-state index contributed by atoms with van der Waals surface area (Å²) < 4.78 is 20.1. The van der Waals surface area contributed by atoms with Crippen molar-refractivity contribution in [3.8, 4) is 0 Å². The fourth-order valence-electron chi connectivity index (χ4n) is 4.27. The Bertz CT molecular complexity index is 1120. The van der Waals surface area contributed by atoms with Gasteiger partial charge in [0.15, 0.2) is 0 Å². The maximum atomic E-state index is 13.9. The van der Waals surface area contributed by atoms with Crippen molar-refractivity contribution in [2.75, 3.05) is 31.5 Å². The fourth-order valence-corrected chi connectivity index (χ4v) is 4.27. The summed E-state index contributed by atoms with van der Waals surface area (Å²) in [6.45, 7) is 11.2. The van der Waals surface area contributed by atoms with Crippen LogP contribution in [0.3, 0.4) is 0 Å². The van der Waals surface area contributed by atoms with E-state index in [1.807, 2.05) is 19.9 Å². The molecule has 2 aromatic rings. The Balaban J connectivity index is 1.66. The summed E-state index contributed by atoms with van der Waals surface area (Å²) >= 11 is 0. The standard InChI is InChI=1S/C25H28FN3O3/c1-5-29(6-2)12-11-27-23(30)15-7-9-17-19(13-15)25(3,4)32-22(17)21-18-14-16(26)8-10-20(18)28-24(21)31/h7-10,13-14H,5-6,11-12H2,1-4H3,(H,27,30)(H,28,31)/b22-21+. The number of rotatable bonds is 6. The van der Waals surface area contributed by atoms with Crippen LogP contribution in [-0.4, -0.2) is 42.9 Å². The lowest BCUT2D eigenvalue weighted by molar-refractivity contribution is -0.110. The van der Waals surface area contributed by atoms with Gasteiger partial charge in [0, 0.05) is 41.0 Å². The summed E-state index contributed by atoms with van der Waals surface area (Å²) in [6.07, 6.45) is 0. The molecule has 2 amide bonds. The van der Waals surface area contributed by atoms with Crippen molar-refractivity contribution in [2.45, 2.75) is 33.3 Å². The number of hydrogen-bond donors (Lipinski definition) is 2. The zero-order valence-electron chi connectivity index (χ0n) is 18.8. The van der Waals surface area contributed by atoms with Gasteiger partial charge in [-0.25, -0.2) is 4.39 Å². The monoisotopic (exact) mass is 437 g/mol. The molecule has 0 saturated carbocycles. The van der Waals surface area contributed by atoms with Gasteiger partial charge in [0.05, 0.1) is 5.57 Å². The molecule has 0 saturated heterocycles. The number of halogens is 1. The van der Waals surface area contributed by atoms with Gasteiger partial charge in [0.1, 0.15) is 17.2 Å². The van der Waals surface area contributed by atoms with Gasteiger partial charge < -0.3 is 20.3 Å². The lowest BCUT2D eigenvalue weighted by atomic mass is 9.92. The molecule has 6 nitrogen and oxygen atoms in total. The van der Waals surface area contributed by atoms with Gasteiger partial charge in [-0.3, -0.25) is 9.59 Å². The van der Waals surface area contributed by atoms with E-state index in [2.05, 4.69) is 29.4 Å². The van der Waals surface area contributed by atoms with Crippen molar-refractivity contribution in [3.63, 3.8) is 0 Å². The highest BCUT2D eigenvalue weighted by molar-refractivity contribution is 6.36. The van der Waals surface area contributed by atoms with Crippen LogP contribution in [0.2, 0.25) is 0 Å². The van der Waals surface area contributed by atoms with Gasteiger partial charge in [-0.05, 0) is 57.3 Å². The maximum Gasteiger partial charge on any atom is 0.260 e. The average Bonchev–Trinajstić information content (AvgIpc) is 3.22. The molecule has 2 aromatic carbocycles. The number of hydrogen-bond acceptors (Lipinski definition) is 4. The zero-order chi connectivity index (χ0) is 23.0. The summed E-state index contributed by atoms with van der Waals surface area (Å²) in [7, 11) is 0. The minimum Gasteiger partial charge on any atom is -0.482 e. The first kappa shape index (κ1) is 22.0. The number of amides is 2. The van der Waals surface area contributed by atoms with E-state index in [1.165, 1.54) is 12.1 Å². The third-order valence-electron chi connectivity index (χ3n) is 6.09. The Hall–Kier alpha value is -3.19. The number of nitrogens with one attached hydrogen (secondary N) is 2. The molecule has 0 radical (unpaired) electrons. The van der Waals surface area contributed by atoms with Crippen molar-refractivity contribution in [1.82, 2.24) is 10.2 Å². The molecule has 32 heavy (non-hydrogen) atoms. The van der Waals surface area contributed by atoms with E-state index in [9.17, 15) is 14.0 Å². The molecule has 2 heterocycles. The van der Waals surface area contributed by atoms with Gasteiger partial charge in [0.25, 0.3) is 11.8 Å². The van der Waals surface area contributed by atoms with Crippen LogP contribution in [0, 0.1) is 5.82 Å². The second-order valence-corrected chi connectivity index (χ2v) is 8.50. The number of carbonyl (C=O) groups excluding carboxylic acids is 2. The van der Waals surface area contributed by atoms with E-state index in [0.29, 0.717) is 34.7 Å². The van der Waals surface area contributed by atoms with E-state index >= 15 is 0 Å². The van der Waals surface area contributed by atoms with Gasteiger partial charge in [-0.15, -0.1) is 0 Å². The summed E-state index contributed by atoms with van der Waals surface area (Å²) in [4.78, 5) is 27.7. The number of fused-ring (bicyclic) bond motifs is 2. The van der Waals surface area contributed by atoms with Crippen LogP contribution in [0.25, 0.3) is 11.3 Å². The van der Waals surface area contributed by atoms with Crippen LogP contribution in [0.4, 0.5) is 10.1 Å². The smallest absolute Gasteiger partial charge is 0.260 e. The largest absolute Gasteiger partial charge is 0.482 e. The Morgan fingerprint density at radius 2 is 1.88 bits per heavy atom. The van der Waals surface area contributed by atoms with Gasteiger partial charge in [0.2, 0.25) is 0 Å². The third-order valence-corrected chi connectivity index (χ3v) is 6.09. The summed E-state index contributed by atoms with van der Waals surface area (Å²) in [5.41, 5.74) is 2.68. The van der Waals surface area contributed by atoms with Crippen molar-refractivity contribution < 1.29 is 18.7 Å². The molecule has 0 aliphatic carbocycles. The number of likely N-dealkylation sites (N-methyl/N-ethyl adjacent to an activating group) is 1. The lowest BCUT2D eigenvalue weighted by Crippen LogP contribution is -2.34. The van der Waals surface area contributed by atoms with E-state index in [1.54, 1.807) is 18.2 Å². The van der Waals surface area contributed by atoms with Crippen LogP contribution in [0.1, 0.15) is 54.7 Å². The van der Waals surface area contributed by atoms with E-state index < -0.39 is 11.4 Å². The molecule has 0 bridgehead atoms. The Morgan fingerprint density at radius 3 is 2.59 bits per heavy atom. The molecule has 0 spiro atoms. The van der Waals surface area contributed by atoms with E-state index in [-0.39, 0.29) is 11.8 Å². The number of nitrogens with zero attached hydrogens (tertiary/aromatic N) is 1. The summed E-state index contributed by atoms with van der Waals surface area (Å²) in [5.74, 6) is -0.502. The first-order chi connectivity index (χ1) is 15.2. The third kappa shape index (κ3) is 3.88. The second kappa shape index (κ2) is 8.39. The Morgan fingerprint density at radius 1 is 1.12 bits per heavy atom. The Kier molecular flexibility index (Phi) is 5.77. The topological polar surface area (TPSA) is 70.7 Å². The highest BCUT2D eigenvalue weighted by atomic mass is 19.1. The fraction of sp³-hybridized carbons (Fsp3) is 0.360. The van der Waals surface area contributed by atoms with Gasteiger partial charge in [-0.2, -0.15) is 0 Å². The second-order valence-electron chi connectivity index (χ2n) is 8.50. The van der Waals surface area contributed by atoms with Crippen molar-refractivity contribution in [2.24, 2.45) is 0 Å². The maximum absolute atomic E-state index is 13.9. The normalized spacial score (nSPS) is 18.2. The SMILES string of the molecule is CCN(CC)CCNC(=O)c1ccc2c(c1)C(C)(C)O/C2=C1/C(=O)Nc2ccc(F)cc21. The molecule has 2 aliphatic rings. The molecule has 2 N–H and O–H groups in total. The summed E-state index contributed by atoms with van der Waals surface area (Å²) in [6, 6.07) is 9.54. The molecular formula is C25H28FN3O3. The first-order valence-electron chi connectivity index (χ1n) is 10.9. The highest BCUT2D eigenvalue weighted by Crippen LogP contribution is 2.48. The summed E-state index contributed by atoms with van der Waals surface area (Å²) in [5, 5.41) is 5.74. The Labute approximate surface area is 187 Å². The molecule has 0 unspecified atom stereocenters. The van der Waals surface area contributed by atoms with Crippen LogP contribution >= 0.6 is 0 Å². The van der Waals surface area contributed by atoms with Crippen molar-refractivity contribution in [1.29, 1.82) is 0 Å².